The van der Waals surface area contributed by atoms with E-state index < -0.39 is 51.7 Å². The Bertz CT molecular complexity index is 1370. The number of rotatable bonds is 12. The first-order valence-electron chi connectivity index (χ1n) is 13.0. The predicted octanol–water partition coefficient (Wildman–Crippen LogP) is 1.69. The van der Waals surface area contributed by atoms with Gasteiger partial charge in [0.15, 0.2) is 5.84 Å². The molecule has 1 aliphatic heterocycles. The molecule has 0 spiro atoms. The van der Waals surface area contributed by atoms with Crippen molar-refractivity contribution < 1.29 is 45.2 Å². The number of carbonyl (C=O) groups excluding carboxylic acids is 3. The molecule has 1 aliphatic carbocycles. The fourth-order valence-electron chi connectivity index (χ4n) is 4.50. The maximum absolute atomic E-state index is 13.6. The fourth-order valence-corrected chi connectivity index (χ4v) is 6.60. The highest BCUT2D eigenvalue weighted by atomic mass is 32.2. The van der Waals surface area contributed by atoms with Crippen molar-refractivity contribution in [2.45, 2.75) is 52.6 Å². The van der Waals surface area contributed by atoms with Crippen LogP contribution in [0, 0.1) is 0 Å². The van der Waals surface area contributed by atoms with E-state index in [0.717, 1.165) is 0 Å². The molecule has 2 amide bonds. The van der Waals surface area contributed by atoms with E-state index in [4.69, 9.17) is 13.7 Å². The third-order valence-corrected chi connectivity index (χ3v) is 8.78. The monoisotopic (exact) mass is 613 g/mol. The summed E-state index contributed by atoms with van der Waals surface area (Å²) >= 11 is -3.31. The molecule has 3 rings (SSSR count). The summed E-state index contributed by atoms with van der Waals surface area (Å²) in [4.78, 5) is 44.7. The lowest BCUT2D eigenvalue weighted by Crippen LogP contribution is -2.53. The number of esters is 1. The zero-order valence-corrected chi connectivity index (χ0v) is 24.8. The second-order valence-corrected chi connectivity index (χ2v) is 11.4. The van der Waals surface area contributed by atoms with Crippen LogP contribution in [0.4, 0.5) is 5.69 Å². The van der Waals surface area contributed by atoms with Crippen LogP contribution >= 0.6 is 0 Å². The van der Waals surface area contributed by atoms with Gasteiger partial charge < -0.3 is 24.2 Å². The number of amidine groups is 1. The molecule has 0 fully saturated rings. The number of benzene rings is 1. The first kappa shape index (κ1) is 32.2. The van der Waals surface area contributed by atoms with E-state index in [-0.39, 0.29) is 53.0 Å². The van der Waals surface area contributed by atoms with Crippen LogP contribution in [0.5, 0.6) is 5.75 Å². The standard InChI is InChI=1S/C25H34N4O10S2/c1-5-28(6-2)25(32)16-12-13-19(37-4)18(14-16)27-24(31)22(39-40(33)34)23-26-17-10-8-9-11-20(17)41(35,36)29(23)15-21(30)38-7-3/h12-14,22H,5-11,15H2,1-4H3,(H,27,31)(H,33,34)/p-1. The van der Waals surface area contributed by atoms with E-state index >= 15 is 0 Å². The summed E-state index contributed by atoms with van der Waals surface area (Å²) in [6.45, 7) is 5.14. The normalized spacial score (nSPS) is 17.6. The van der Waals surface area contributed by atoms with Crippen LogP contribution in [-0.4, -0.2) is 89.5 Å². The third-order valence-electron chi connectivity index (χ3n) is 6.48. The van der Waals surface area contributed by atoms with Gasteiger partial charge >= 0.3 is 5.97 Å². The maximum atomic E-state index is 13.6. The molecule has 0 radical (unpaired) electrons. The van der Waals surface area contributed by atoms with E-state index in [1.165, 1.54) is 32.2 Å². The van der Waals surface area contributed by atoms with Gasteiger partial charge in [-0.3, -0.25) is 18.6 Å². The maximum Gasteiger partial charge on any atom is 0.326 e. The lowest BCUT2D eigenvalue weighted by Gasteiger charge is -2.35. The Morgan fingerprint density at radius 3 is 2.46 bits per heavy atom. The predicted molar refractivity (Wildman–Crippen MR) is 148 cm³/mol. The summed E-state index contributed by atoms with van der Waals surface area (Å²) in [6.07, 6.45) is -0.490. The average Bonchev–Trinajstić information content (AvgIpc) is 2.94. The highest BCUT2D eigenvalue weighted by Crippen LogP contribution is 2.36. The SMILES string of the molecule is CCOC(=O)CN1C(C(OS(=O)[O-])C(=O)Nc2cc(C(=O)N(CC)CC)ccc2OC)=NC2=C(CCCC2)S1(=O)=O. The minimum atomic E-state index is -4.37. The number of aliphatic imine (C=N–C) groups is 1. The molecular weight excluding hydrogens is 580 g/mol. The number of hydrogen-bond acceptors (Lipinski definition) is 11. The summed E-state index contributed by atoms with van der Waals surface area (Å²) < 4.78 is 66.2. The molecule has 1 aromatic rings. The Kier molecular flexibility index (Phi) is 11.0. The van der Waals surface area contributed by atoms with Crippen LogP contribution in [0.2, 0.25) is 0 Å². The molecule has 2 unspecified atom stereocenters. The number of sulfonamides is 1. The molecule has 16 heteroatoms. The number of anilines is 1. The van der Waals surface area contributed by atoms with Crippen molar-refractivity contribution in [2.75, 3.05) is 38.7 Å². The third kappa shape index (κ3) is 7.30. The topological polar surface area (TPSA) is 184 Å². The van der Waals surface area contributed by atoms with E-state index in [1.54, 1.807) is 4.90 Å². The van der Waals surface area contributed by atoms with Gasteiger partial charge in [-0.05, 0) is 64.7 Å². The zero-order valence-electron chi connectivity index (χ0n) is 23.2. The molecule has 0 saturated heterocycles. The molecule has 1 heterocycles. The summed E-state index contributed by atoms with van der Waals surface area (Å²) in [7, 11) is -3.05. The van der Waals surface area contributed by atoms with Crippen molar-refractivity contribution >= 4 is 50.7 Å². The largest absolute Gasteiger partial charge is 0.750 e. The van der Waals surface area contributed by atoms with Crippen molar-refractivity contribution in [3.05, 3.63) is 34.4 Å². The lowest BCUT2D eigenvalue weighted by molar-refractivity contribution is -0.142. The molecule has 2 aliphatic rings. The number of hydrogen-bond donors (Lipinski definition) is 1. The van der Waals surface area contributed by atoms with Crippen LogP contribution in [0.15, 0.2) is 33.8 Å². The molecule has 1 aromatic carbocycles. The van der Waals surface area contributed by atoms with E-state index in [0.29, 0.717) is 30.2 Å². The van der Waals surface area contributed by atoms with Crippen LogP contribution in [0.25, 0.3) is 0 Å². The molecular formula is C25H33N4O10S2-. The van der Waals surface area contributed by atoms with Crippen molar-refractivity contribution in [2.24, 2.45) is 4.99 Å². The van der Waals surface area contributed by atoms with Gasteiger partial charge in [0.05, 0.1) is 41.4 Å². The van der Waals surface area contributed by atoms with Crippen LogP contribution in [0.3, 0.4) is 0 Å². The minimum absolute atomic E-state index is 0.00503. The van der Waals surface area contributed by atoms with Crippen LogP contribution in [0.1, 0.15) is 56.8 Å². The van der Waals surface area contributed by atoms with Crippen molar-refractivity contribution in [1.82, 2.24) is 9.21 Å². The summed E-state index contributed by atoms with van der Waals surface area (Å²) in [5.74, 6) is -2.87. The summed E-state index contributed by atoms with van der Waals surface area (Å²) in [5, 5.41) is 2.47. The average molecular weight is 614 g/mol. The molecule has 0 bridgehead atoms. The molecule has 14 nitrogen and oxygen atoms in total. The summed E-state index contributed by atoms with van der Waals surface area (Å²) in [5.41, 5.74) is 0.372. The highest BCUT2D eigenvalue weighted by Gasteiger charge is 2.44. The number of nitrogens with zero attached hydrogens (tertiary/aromatic N) is 3. The van der Waals surface area contributed by atoms with Crippen molar-refractivity contribution in [3.8, 4) is 5.75 Å². The van der Waals surface area contributed by atoms with Gasteiger partial charge in [-0.15, -0.1) is 0 Å². The van der Waals surface area contributed by atoms with E-state index in [1.807, 2.05) is 13.8 Å². The van der Waals surface area contributed by atoms with Gasteiger partial charge in [-0.25, -0.2) is 21.9 Å². The van der Waals surface area contributed by atoms with E-state index in [2.05, 4.69) is 10.3 Å². The quantitative estimate of drug-likeness (QED) is 0.269. The number of ether oxygens (including phenoxy) is 2. The van der Waals surface area contributed by atoms with Gasteiger partial charge in [-0.2, -0.15) is 0 Å². The number of amides is 2. The second-order valence-electron chi connectivity index (χ2n) is 8.93. The van der Waals surface area contributed by atoms with Crippen molar-refractivity contribution in [1.29, 1.82) is 0 Å². The Hall–Kier alpha value is -3.34. The minimum Gasteiger partial charge on any atom is -0.750 e. The van der Waals surface area contributed by atoms with Crippen LogP contribution in [-0.2, 0) is 39.9 Å². The van der Waals surface area contributed by atoms with Gasteiger partial charge in [0.1, 0.15) is 12.3 Å². The Morgan fingerprint density at radius 1 is 1.17 bits per heavy atom. The molecule has 226 valence electrons. The smallest absolute Gasteiger partial charge is 0.326 e. The van der Waals surface area contributed by atoms with Crippen LogP contribution < -0.4 is 10.1 Å². The van der Waals surface area contributed by atoms with Crippen molar-refractivity contribution in [3.63, 3.8) is 0 Å². The van der Waals surface area contributed by atoms with Gasteiger partial charge in [0.25, 0.3) is 21.8 Å². The van der Waals surface area contributed by atoms with Gasteiger partial charge in [0.2, 0.25) is 6.10 Å². The fraction of sp³-hybridized carbons (Fsp3) is 0.520. The van der Waals surface area contributed by atoms with E-state index in [9.17, 15) is 31.6 Å². The molecule has 1 N–H and O–H groups in total. The lowest BCUT2D eigenvalue weighted by atomic mass is 10.0. The number of nitrogens with one attached hydrogen (secondary N) is 1. The Balaban J connectivity index is 2.08. The number of allylic oxidation sites excluding steroid dienone is 2. The highest BCUT2D eigenvalue weighted by molar-refractivity contribution is 7.93. The Morgan fingerprint density at radius 2 is 1.85 bits per heavy atom. The zero-order chi connectivity index (χ0) is 30.3. The number of methoxy groups -OCH3 is 1. The molecule has 41 heavy (non-hydrogen) atoms. The molecule has 0 saturated carbocycles. The second kappa shape index (κ2) is 14.0. The molecule has 0 aromatic heterocycles. The summed E-state index contributed by atoms with van der Waals surface area (Å²) in [6, 6.07) is 4.30. The first-order valence-corrected chi connectivity index (χ1v) is 15.5. The molecule has 2 atom stereocenters. The number of carbonyl (C=O) groups is 3. The first-order chi connectivity index (χ1) is 19.5. The van der Waals surface area contributed by atoms with Gasteiger partial charge in [0, 0.05) is 18.7 Å². The van der Waals surface area contributed by atoms with Gasteiger partial charge in [-0.1, -0.05) is 0 Å². The Labute approximate surface area is 241 Å².